The number of hydrogen-bond donors (Lipinski definition) is 1. The topological polar surface area (TPSA) is 63.6 Å². The van der Waals surface area contributed by atoms with E-state index in [0.717, 1.165) is 0 Å². The number of carboxylic acid groups (broad SMARTS) is 1. The predicted molar refractivity (Wildman–Crippen MR) is 21.1 cm³/mol. The van der Waals surface area contributed by atoms with Gasteiger partial charge < -0.3 is 22.2 Å². The zero-order chi connectivity index (χ0) is 5.86. The minimum Gasteiger partial charge on any atom is -0.607 e. The monoisotopic (exact) mass is 179 g/mol. The largest absolute Gasteiger partial charge is 0.607 e. The van der Waals surface area contributed by atoms with Gasteiger partial charge in [-0.25, -0.2) is 9.59 Å². The summed E-state index contributed by atoms with van der Waals surface area (Å²) < 4.78 is 3.36. The standard InChI is InChI=1S/C2H2O4S.Ni/c3-1(4)2(5)6-7;/h7H,(H,3,4);/p-1. The summed E-state index contributed by atoms with van der Waals surface area (Å²) in [5.41, 5.74) is 0. The van der Waals surface area contributed by atoms with Crippen LogP contribution in [0.1, 0.15) is 0 Å². The Hall–Kier alpha value is -0.216. The van der Waals surface area contributed by atoms with Crippen LogP contribution in [0.25, 0.3) is 0 Å². The van der Waals surface area contributed by atoms with Gasteiger partial charge in [0.1, 0.15) is 0 Å². The second-order valence-corrected chi connectivity index (χ2v) is 0.843. The van der Waals surface area contributed by atoms with Gasteiger partial charge >= 0.3 is 11.9 Å². The molecule has 0 fully saturated rings. The van der Waals surface area contributed by atoms with Crippen molar-refractivity contribution in [3.05, 3.63) is 0 Å². The molecule has 0 saturated heterocycles. The van der Waals surface area contributed by atoms with E-state index in [1.807, 2.05) is 0 Å². The van der Waals surface area contributed by atoms with Crippen LogP contribution in [0.4, 0.5) is 0 Å². The molecule has 6 heteroatoms. The second-order valence-electron chi connectivity index (χ2n) is 0.676. The first kappa shape index (κ1) is 10.7. The average Bonchev–Trinajstić information content (AvgIpc) is 1.65. The van der Waals surface area contributed by atoms with Gasteiger partial charge in [0.15, 0.2) is 0 Å². The Morgan fingerprint density at radius 2 is 1.88 bits per heavy atom. The summed E-state index contributed by atoms with van der Waals surface area (Å²) in [6, 6.07) is 0. The molecule has 0 rings (SSSR count). The molecule has 0 aromatic carbocycles. The Morgan fingerprint density at radius 3 is 1.88 bits per heavy atom. The molecule has 50 valence electrons. The van der Waals surface area contributed by atoms with Gasteiger partial charge in [-0.05, 0) is 0 Å². The fraction of sp³-hybridized carbons (Fsp3) is 0. The maximum absolute atomic E-state index is 9.59. The van der Waals surface area contributed by atoms with Gasteiger partial charge in [-0.3, -0.25) is 0 Å². The van der Waals surface area contributed by atoms with E-state index in [0.29, 0.717) is 0 Å². The first-order valence-electron chi connectivity index (χ1n) is 1.25. The molecule has 1 N–H and O–H groups in total. The maximum atomic E-state index is 9.59. The fourth-order valence-corrected chi connectivity index (χ4v) is 0.107. The second kappa shape index (κ2) is 4.93. The van der Waals surface area contributed by atoms with Crippen LogP contribution in [-0.4, -0.2) is 17.0 Å². The molecule has 0 unspecified atom stereocenters. The number of rotatable bonds is 0. The van der Waals surface area contributed by atoms with Gasteiger partial charge in [-0.1, -0.05) is 0 Å². The molecule has 8 heavy (non-hydrogen) atoms. The minimum atomic E-state index is -1.67. The Morgan fingerprint density at radius 1 is 1.50 bits per heavy atom. The molecule has 0 atom stereocenters. The molecule has 0 aliphatic rings. The summed E-state index contributed by atoms with van der Waals surface area (Å²) in [7, 11) is 0. The van der Waals surface area contributed by atoms with E-state index in [2.05, 4.69) is 17.1 Å². The van der Waals surface area contributed by atoms with Crippen molar-refractivity contribution in [1.82, 2.24) is 0 Å². The number of aliphatic carboxylic acids is 1. The van der Waals surface area contributed by atoms with Crippen LogP contribution in [-0.2, 0) is 43.2 Å². The third kappa shape index (κ3) is 3.96. The van der Waals surface area contributed by atoms with E-state index in [9.17, 15) is 9.59 Å². The van der Waals surface area contributed by atoms with E-state index in [4.69, 9.17) is 5.11 Å². The van der Waals surface area contributed by atoms with E-state index in [-0.39, 0.29) is 16.5 Å². The SMILES string of the molecule is O=C(O)C(=O)O[S-].[Ni]. The van der Waals surface area contributed by atoms with Crippen LogP contribution >= 0.6 is 0 Å². The number of hydrogen-bond acceptors (Lipinski definition) is 4. The molecular formula is C2HNiO4S-. The van der Waals surface area contributed by atoms with Gasteiger partial charge in [0.05, 0.1) is 0 Å². The molecule has 0 aliphatic carbocycles. The van der Waals surface area contributed by atoms with E-state index in [1.165, 1.54) is 0 Å². The zero-order valence-electron chi connectivity index (χ0n) is 3.40. The molecule has 0 aromatic rings. The molecule has 0 aliphatic heterocycles. The summed E-state index contributed by atoms with van der Waals surface area (Å²) in [4.78, 5) is 19.0. The molecule has 0 aromatic heterocycles. The maximum Gasteiger partial charge on any atom is 0.413 e. The zero-order valence-corrected chi connectivity index (χ0v) is 5.20. The Bertz CT molecular complexity index is 102. The van der Waals surface area contributed by atoms with Crippen LogP contribution in [0.2, 0.25) is 0 Å². The summed E-state index contributed by atoms with van der Waals surface area (Å²) >= 11 is 3.62. The van der Waals surface area contributed by atoms with E-state index in [1.54, 1.807) is 0 Å². The summed E-state index contributed by atoms with van der Waals surface area (Å²) in [5, 5.41) is 7.64. The van der Waals surface area contributed by atoms with Gasteiger partial charge in [-0.15, -0.1) is 0 Å². The molecular weight excluding hydrogens is 179 g/mol. The van der Waals surface area contributed by atoms with Crippen LogP contribution in [0, 0.1) is 0 Å². The molecule has 0 radical (unpaired) electrons. The first-order valence-corrected chi connectivity index (χ1v) is 1.59. The molecule has 0 amide bonds. The third-order valence-corrected chi connectivity index (χ3v) is 0.402. The quantitative estimate of drug-likeness (QED) is 0.296. The number of carboxylic acids is 1. The van der Waals surface area contributed by atoms with Crippen molar-refractivity contribution < 1.29 is 35.4 Å². The van der Waals surface area contributed by atoms with Crippen molar-refractivity contribution in [2.45, 2.75) is 0 Å². The molecule has 0 heterocycles. The van der Waals surface area contributed by atoms with Crippen molar-refractivity contribution in [2.75, 3.05) is 0 Å². The Kier molecular flexibility index (Phi) is 6.60. The van der Waals surface area contributed by atoms with Crippen molar-refractivity contribution in [3.8, 4) is 0 Å². The van der Waals surface area contributed by atoms with Crippen LogP contribution < -0.4 is 0 Å². The van der Waals surface area contributed by atoms with Crippen LogP contribution in [0.5, 0.6) is 0 Å². The number of carbonyl (C=O) groups is 2. The molecule has 0 saturated carbocycles. The third-order valence-electron chi connectivity index (χ3n) is 0.250. The fourth-order valence-electron chi connectivity index (χ4n) is 0.0356. The average molecular weight is 180 g/mol. The smallest absolute Gasteiger partial charge is 0.413 e. The normalized spacial score (nSPS) is 6.62. The summed E-state index contributed by atoms with van der Waals surface area (Å²) in [6.45, 7) is 0. The van der Waals surface area contributed by atoms with Crippen molar-refractivity contribution >= 4 is 24.8 Å². The van der Waals surface area contributed by atoms with Gasteiger partial charge in [-0.2, -0.15) is 0 Å². The van der Waals surface area contributed by atoms with Gasteiger partial charge in [0.2, 0.25) is 0 Å². The Labute approximate surface area is 60.7 Å². The van der Waals surface area contributed by atoms with E-state index < -0.39 is 11.9 Å². The number of carbonyl (C=O) groups excluding carboxylic acids is 1. The molecule has 0 bridgehead atoms. The van der Waals surface area contributed by atoms with Crippen LogP contribution in [0.15, 0.2) is 0 Å². The summed E-state index contributed by atoms with van der Waals surface area (Å²) in [5.74, 6) is -3.09. The van der Waals surface area contributed by atoms with Gasteiger partial charge in [0.25, 0.3) is 0 Å². The minimum absolute atomic E-state index is 0. The van der Waals surface area contributed by atoms with E-state index >= 15 is 0 Å². The van der Waals surface area contributed by atoms with Crippen molar-refractivity contribution in [1.29, 1.82) is 0 Å². The van der Waals surface area contributed by atoms with Crippen molar-refractivity contribution in [2.24, 2.45) is 0 Å². The predicted octanol–water partition coefficient (Wildman–Crippen LogP) is -0.926. The van der Waals surface area contributed by atoms with Crippen molar-refractivity contribution in [3.63, 3.8) is 0 Å². The Balaban J connectivity index is 0. The van der Waals surface area contributed by atoms with Gasteiger partial charge in [0, 0.05) is 16.5 Å². The van der Waals surface area contributed by atoms with Crippen LogP contribution in [0.3, 0.4) is 0 Å². The first-order chi connectivity index (χ1) is 3.18. The summed E-state index contributed by atoms with van der Waals surface area (Å²) in [6.07, 6.45) is 0. The molecule has 4 nitrogen and oxygen atoms in total. The molecule has 0 spiro atoms.